The number of nitrogens with zero attached hydrogens (tertiary/aromatic N) is 4. The lowest BCUT2D eigenvalue weighted by Gasteiger charge is -2.32. The number of imidazole rings is 1. The molecule has 0 spiro atoms. The second-order valence-corrected chi connectivity index (χ2v) is 9.69. The summed E-state index contributed by atoms with van der Waals surface area (Å²) in [6.07, 6.45) is 1.92. The van der Waals surface area contributed by atoms with Gasteiger partial charge in [-0.1, -0.05) is 54.6 Å². The Bertz CT molecular complexity index is 1750. The van der Waals surface area contributed by atoms with Gasteiger partial charge in [0.2, 0.25) is 0 Å². The van der Waals surface area contributed by atoms with Crippen LogP contribution in [0.15, 0.2) is 95.8 Å². The fourth-order valence-electron chi connectivity index (χ4n) is 5.81. The van der Waals surface area contributed by atoms with Gasteiger partial charge in [-0.05, 0) is 49.2 Å². The van der Waals surface area contributed by atoms with E-state index in [1.165, 1.54) is 5.69 Å². The molecule has 3 aromatic heterocycles. The van der Waals surface area contributed by atoms with E-state index in [1.807, 2.05) is 34.9 Å². The molecule has 1 N–H and O–H groups in total. The van der Waals surface area contributed by atoms with Crippen molar-refractivity contribution in [2.75, 3.05) is 13.1 Å². The number of hydrogen-bond donors (Lipinski definition) is 1. The monoisotopic (exact) mass is 473 g/mol. The Kier molecular flexibility index (Phi) is 4.99. The zero-order valence-corrected chi connectivity index (χ0v) is 20.0. The van der Waals surface area contributed by atoms with Crippen LogP contribution in [0.3, 0.4) is 0 Å². The van der Waals surface area contributed by atoms with Gasteiger partial charge in [-0.15, -0.1) is 0 Å². The highest BCUT2D eigenvalue weighted by Gasteiger charge is 2.24. The van der Waals surface area contributed by atoms with E-state index in [1.54, 1.807) is 0 Å². The van der Waals surface area contributed by atoms with Crippen molar-refractivity contribution in [3.8, 4) is 11.3 Å². The molecule has 1 aliphatic heterocycles. The van der Waals surface area contributed by atoms with Gasteiger partial charge in [0, 0.05) is 36.9 Å². The molecule has 0 saturated carbocycles. The van der Waals surface area contributed by atoms with Crippen LogP contribution in [-0.2, 0) is 6.54 Å². The molecule has 178 valence electrons. The van der Waals surface area contributed by atoms with Crippen LogP contribution < -0.4 is 5.69 Å². The Balaban J connectivity index is 1.20. The maximum Gasteiger partial charge on any atom is 0.326 e. The second kappa shape index (κ2) is 8.50. The first-order valence-electron chi connectivity index (χ1n) is 12.6. The molecule has 4 heterocycles. The van der Waals surface area contributed by atoms with E-state index >= 15 is 0 Å². The smallest absolute Gasteiger partial charge is 0.309 e. The fourth-order valence-corrected chi connectivity index (χ4v) is 5.81. The number of benzene rings is 3. The maximum atomic E-state index is 12.7. The third-order valence-electron chi connectivity index (χ3n) is 7.54. The molecule has 0 bridgehead atoms. The summed E-state index contributed by atoms with van der Waals surface area (Å²) >= 11 is 0. The number of aromatic nitrogens is 4. The Morgan fingerprint density at radius 3 is 2.33 bits per heavy atom. The van der Waals surface area contributed by atoms with Crippen LogP contribution in [0.5, 0.6) is 0 Å². The van der Waals surface area contributed by atoms with Gasteiger partial charge in [0.15, 0.2) is 0 Å². The maximum absolute atomic E-state index is 12.7. The predicted molar refractivity (Wildman–Crippen MR) is 144 cm³/mol. The number of para-hydroxylation sites is 4. The molecule has 6 nitrogen and oxygen atoms in total. The normalized spacial score (nSPS) is 15.3. The molecule has 0 amide bonds. The van der Waals surface area contributed by atoms with Gasteiger partial charge in [-0.25, -0.2) is 9.78 Å². The molecule has 36 heavy (non-hydrogen) atoms. The number of nitrogens with one attached hydrogen (secondary N) is 1. The van der Waals surface area contributed by atoms with Crippen LogP contribution in [0.1, 0.15) is 24.6 Å². The van der Waals surface area contributed by atoms with E-state index in [9.17, 15) is 4.79 Å². The average Bonchev–Trinajstić information content (AvgIpc) is 3.50. The minimum atomic E-state index is -0.000328. The molecule has 6 aromatic rings. The first-order valence-corrected chi connectivity index (χ1v) is 12.6. The topological polar surface area (TPSA) is 58.3 Å². The van der Waals surface area contributed by atoms with Gasteiger partial charge in [0.1, 0.15) is 0 Å². The molecule has 0 radical (unpaired) electrons. The highest BCUT2D eigenvalue weighted by atomic mass is 16.1. The highest BCUT2D eigenvalue weighted by molar-refractivity contribution is 5.88. The lowest BCUT2D eigenvalue weighted by molar-refractivity contribution is 0.178. The number of piperidine rings is 1. The van der Waals surface area contributed by atoms with Crippen molar-refractivity contribution < 1.29 is 0 Å². The number of rotatable bonds is 4. The van der Waals surface area contributed by atoms with Crippen molar-refractivity contribution in [2.45, 2.75) is 25.4 Å². The number of hydrogen-bond acceptors (Lipinski definition) is 3. The Hall–Kier alpha value is -4.16. The Labute approximate surface area is 208 Å². The first kappa shape index (κ1) is 21.1. The largest absolute Gasteiger partial charge is 0.326 e. The van der Waals surface area contributed by atoms with Crippen LogP contribution in [0.2, 0.25) is 0 Å². The third-order valence-corrected chi connectivity index (χ3v) is 7.54. The number of H-pyrrole nitrogens is 1. The molecule has 3 aromatic carbocycles. The summed E-state index contributed by atoms with van der Waals surface area (Å²) in [5.41, 5.74) is 8.59. The van der Waals surface area contributed by atoms with E-state index in [0.29, 0.717) is 0 Å². The Morgan fingerprint density at radius 2 is 1.50 bits per heavy atom. The van der Waals surface area contributed by atoms with Crippen LogP contribution >= 0.6 is 0 Å². The molecular formula is C30H27N5O. The van der Waals surface area contributed by atoms with Crippen LogP contribution in [-0.4, -0.2) is 36.9 Å². The zero-order chi connectivity index (χ0) is 24.1. The first-order chi connectivity index (χ1) is 17.8. The highest BCUT2D eigenvalue weighted by Crippen LogP contribution is 2.30. The molecule has 6 heteroatoms. The minimum Gasteiger partial charge on any atom is -0.309 e. The van der Waals surface area contributed by atoms with Gasteiger partial charge in [0.05, 0.1) is 33.3 Å². The van der Waals surface area contributed by atoms with E-state index < -0.39 is 0 Å². The second-order valence-electron chi connectivity index (χ2n) is 9.69. The number of likely N-dealkylation sites (tertiary alicyclic amines) is 1. The van der Waals surface area contributed by atoms with E-state index in [4.69, 9.17) is 4.98 Å². The summed E-state index contributed by atoms with van der Waals surface area (Å²) in [6, 6.07) is 31.5. The van der Waals surface area contributed by atoms with Gasteiger partial charge < -0.3 is 9.38 Å². The van der Waals surface area contributed by atoms with E-state index in [2.05, 4.69) is 74.9 Å². The summed E-state index contributed by atoms with van der Waals surface area (Å²) in [5.74, 6) is 0. The minimum absolute atomic E-state index is 0.000328. The van der Waals surface area contributed by atoms with Crippen LogP contribution in [0.25, 0.3) is 38.8 Å². The summed E-state index contributed by atoms with van der Waals surface area (Å²) in [7, 11) is 0. The number of aromatic amines is 1. The third kappa shape index (κ3) is 3.45. The summed E-state index contributed by atoms with van der Waals surface area (Å²) < 4.78 is 4.34. The molecule has 7 rings (SSSR count). The molecule has 1 aliphatic rings. The van der Waals surface area contributed by atoms with Crippen molar-refractivity contribution in [3.63, 3.8) is 0 Å². The molecule has 0 atom stereocenters. The van der Waals surface area contributed by atoms with Crippen molar-refractivity contribution >= 4 is 27.6 Å². The Morgan fingerprint density at radius 1 is 0.778 bits per heavy atom. The summed E-state index contributed by atoms with van der Waals surface area (Å²) in [6.45, 7) is 2.78. The van der Waals surface area contributed by atoms with E-state index in [-0.39, 0.29) is 11.7 Å². The summed E-state index contributed by atoms with van der Waals surface area (Å²) in [4.78, 5) is 23.2. The van der Waals surface area contributed by atoms with E-state index in [0.717, 1.165) is 71.3 Å². The van der Waals surface area contributed by atoms with Crippen molar-refractivity contribution in [3.05, 3.63) is 107 Å². The molecular weight excluding hydrogens is 446 g/mol. The van der Waals surface area contributed by atoms with Crippen molar-refractivity contribution in [1.82, 2.24) is 23.8 Å². The quantitative estimate of drug-likeness (QED) is 0.361. The molecule has 1 fully saturated rings. The summed E-state index contributed by atoms with van der Waals surface area (Å²) in [5, 5.41) is 0. The lowest BCUT2D eigenvalue weighted by Crippen LogP contribution is -2.36. The zero-order valence-electron chi connectivity index (χ0n) is 20.0. The fraction of sp³-hybridized carbons (Fsp3) is 0.200. The molecule has 0 unspecified atom stereocenters. The molecule has 0 aliphatic carbocycles. The number of fused-ring (bicyclic) bond motifs is 4. The van der Waals surface area contributed by atoms with Crippen LogP contribution in [0.4, 0.5) is 0 Å². The molecule has 1 saturated heterocycles. The van der Waals surface area contributed by atoms with Gasteiger partial charge >= 0.3 is 5.69 Å². The van der Waals surface area contributed by atoms with Crippen molar-refractivity contribution in [2.24, 2.45) is 0 Å². The predicted octanol–water partition coefficient (Wildman–Crippen LogP) is 5.63. The van der Waals surface area contributed by atoms with Gasteiger partial charge in [-0.3, -0.25) is 9.47 Å². The van der Waals surface area contributed by atoms with Crippen LogP contribution in [0, 0.1) is 0 Å². The van der Waals surface area contributed by atoms with Crippen molar-refractivity contribution in [1.29, 1.82) is 0 Å². The lowest BCUT2D eigenvalue weighted by atomic mass is 10.0. The standard InChI is InChI=1S/C30H27N5O/c36-30-32-25-11-5-7-13-27(25)35(30)22-16-18-33(19-17-22)20-23-14-15-28-29(21-8-2-1-3-9-21)31-24-10-4-6-12-26(24)34(23)28/h1-15,22H,16-20H2,(H,32,36). The van der Waals surface area contributed by atoms with Gasteiger partial charge in [0.25, 0.3) is 0 Å². The average molecular weight is 474 g/mol. The van der Waals surface area contributed by atoms with Gasteiger partial charge in [-0.2, -0.15) is 0 Å². The SMILES string of the molecule is O=c1[nH]c2ccccc2n1C1CCN(Cc2ccc3c(-c4ccccc4)nc4ccccc4n23)CC1.